The minimum atomic E-state index is -0.634. The Morgan fingerprint density at radius 3 is 2.65 bits per heavy atom. The maximum atomic E-state index is 12.2. The van der Waals surface area contributed by atoms with Gasteiger partial charge in [0, 0.05) is 6.54 Å². The molecule has 1 aromatic carbocycles. The highest BCUT2D eigenvalue weighted by molar-refractivity contribution is 6.02. The molecule has 0 bridgehead atoms. The third-order valence-corrected chi connectivity index (χ3v) is 3.86. The molecule has 0 radical (unpaired) electrons. The summed E-state index contributed by atoms with van der Waals surface area (Å²) in [4.78, 5) is 12.2. The van der Waals surface area contributed by atoms with Gasteiger partial charge in [0.2, 0.25) is 5.91 Å². The number of nitrogens with one attached hydrogen (secondary N) is 1. The van der Waals surface area contributed by atoms with E-state index in [4.69, 9.17) is 10.9 Å². The van der Waals surface area contributed by atoms with Crippen molar-refractivity contribution in [2.45, 2.75) is 26.2 Å². The molecule has 1 aliphatic carbocycles. The number of hydrogen-bond donors (Lipinski definition) is 3. The summed E-state index contributed by atoms with van der Waals surface area (Å²) in [6.07, 6.45) is 2.71. The van der Waals surface area contributed by atoms with Crippen molar-refractivity contribution < 1.29 is 10.0 Å². The number of carbonyl (C=O) groups is 1. The molecule has 4 N–H and O–H groups in total. The largest absolute Gasteiger partial charge is 0.409 e. The van der Waals surface area contributed by atoms with Crippen LogP contribution in [-0.2, 0) is 11.2 Å². The molecule has 0 aromatic heterocycles. The maximum Gasteiger partial charge on any atom is 0.231 e. The number of amidine groups is 1. The quantitative estimate of drug-likeness (QED) is 0.318. The third-order valence-electron chi connectivity index (χ3n) is 3.86. The molecular formula is C15H21N3O2. The first-order valence-electron chi connectivity index (χ1n) is 6.83. The number of nitrogens with two attached hydrogens (primary N) is 1. The van der Waals surface area contributed by atoms with E-state index in [0.29, 0.717) is 13.0 Å². The van der Waals surface area contributed by atoms with Gasteiger partial charge < -0.3 is 16.3 Å². The van der Waals surface area contributed by atoms with Gasteiger partial charge in [0.25, 0.3) is 0 Å². The van der Waals surface area contributed by atoms with Crippen LogP contribution in [0.15, 0.2) is 35.5 Å². The Morgan fingerprint density at radius 1 is 1.45 bits per heavy atom. The SMILES string of the molecule is CC1(CNC(=O)C(Cc2ccccc2)/C(N)=N/O)CC1. The van der Waals surface area contributed by atoms with E-state index in [0.717, 1.165) is 18.4 Å². The van der Waals surface area contributed by atoms with Crippen molar-refractivity contribution in [3.05, 3.63) is 35.9 Å². The molecule has 0 saturated heterocycles. The van der Waals surface area contributed by atoms with E-state index in [1.165, 1.54) is 0 Å². The van der Waals surface area contributed by atoms with Crippen molar-refractivity contribution in [2.24, 2.45) is 22.2 Å². The normalized spacial score (nSPS) is 18.4. The standard InChI is InChI=1S/C15H21N3O2/c1-15(7-8-15)10-17-14(19)12(13(16)18-20)9-11-5-3-2-4-6-11/h2-6,12,20H,7-10H2,1H3,(H2,16,18)(H,17,19). The highest BCUT2D eigenvalue weighted by Gasteiger charge is 2.38. The number of benzene rings is 1. The van der Waals surface area contributed by atoms with Crippen molar-refractivity contribution in [3.63, 3.8) is 0 Å². The van der Waals surface area contributed by atoms with Crippen LogP contribution >= 0.6 is 0 Å². The summed E-state index contributed by atoms with van der Waals surface area (Å²) in [7, 11) is 0. The van der Waals surface area contributed by atoms with Crippen molar-refractivity contribution in [1.82, 2.24) is 5.32 Å². The van der Waals surface area contributed by atoms with Crippen LogP contribution in [0.5, 0.6) is 0 Å². The third kappa shape index (κ3) is 3.73. The minimum absolute atomic E-state index is 0.0488. The van der Waals surface area contributed by atoms with Gasteiger partial charge in [-0.1, -0.05) is 42.4 Å². The molecule has 20 heavy (non-hydrogen) atoms. The highest BCUT2D eigenvalue weighted by atomic mass is 16.4. The lowest BCUT2D eigenvalue weighted by Crippen LogP contribution is -2.41. The fraction of sp³-hybridized carbons (Fsp3) is 0.467. The second kappa shape index (κ2) is 5.94. The first kappa shape index (κ1) is 14.4. The Labute approximate surface area is 118 Å². The zero-order valence-corrected chi connectivity index (χ0v) is 11.7. The Bertz CT molecular complexity index is 495. The number of nitrogens with zero attached hydrogens (tertiary/aromatic N) is 1. The summed E-state index contributed by atoms with van der Waals surface area (Å²) in [5.41, 5.74) is 6.88. The number of carbonyl (C=O) groups excluding carboxylic acids is 1. The van der Waals surface area contributed by atoms with Gasteiger partial charge >= 0.3 is 0 Å². The molecule has 1 unspecified atom stereocenters. The summed E-state index contributed by atoms with van der Waals surface area (Å²) in [6.45, 7) is 2.79. The zero-order chi connectivity index (χ0) is 14.6. The van der Waals surface area contributed by atoms with Crippen molar-refractivity contribution in [2.75, 3.05) is 6.54 Å². The summed E-state index contributed by atoms with van der Waals surface area (Å²) >= 11 is 0. The summed E-state index contributed by atoms with van der Waals surface area (Å²) in [5, 5.41) is 14.8. The van der Waals surface area contributed by atoms with Gasteiger partial charge in [-0.2, -0.15) is 0 Å². The van der Waals surface area contributed by atoms with Crippen molar-refractivity contribution >= 4 is 11.7 Å². The lowest BCUT2D eigenvalue weighted by Gasteiger charge is -2.17. The Balaban J connectivity index is 2.01. The second-order valence-corrected chi connectivity index (χ2v) is 5.80. The molecule has 1 fully saturated rings. The van der Waals surface area contributed by atoms with Gasteiger partial charge in [0.15, 0.2) is 5.84 Å². The predicted octanol–water partition coefficient (Wildman–Crippen LogP) is 1.51. The molecule has 1 aliphatic rings. The Morgan fingerprint density at radius 2 is 2.10 bits per heavy atom. The second-order valence-electron chi connectivity index (χ2n) is 5.80. The average Bonchev–Trinajstić information content (AvgIpc) is 3.21. The number of hydrogen-bond acceptors (Lipinski definition) is 3. The van der Waals surface area contributed by atoms with Crippen LogP contribution in [0.25, 0.3) is 0 Å². The van der Waals surface area contributed by atoms with Crippen LogP contribution in [-0.4, -0.2) is 23.5 Å². The van der Waals surface area contributed by atoms with Crippen molar-refractivity contribution in [1.29, 1.82) is 0 Å². The monoisotopic (exact) mass is 275 g/mol. The Hall–Kier alpha value is -2.04. The van der Waals surface area contributed by atoms with E-state index >= 15 is 0 Å². The van der Waals surface area contributed by atoms with Crippen LogP contribution in [0.3, 0.4) is 0 Å². The number of rotatable bonds is 6. The molecule has 2 rings (SSSR count). The number of oxime groups is 1. The molecule has 0 spiro atoms. The first-order chi connectivity index (χ1) is 9.54. The van der Waals surface area contributed by atoms with E-state index in [-0.39, 0.29) is 17.2 Å². The van der Waals surface area contributed by atoms with Gasteiger partial charge in [0.05, 0.1) is 0 Å². The van der Waals surface area contributed by atoms with Gasteiger partial charge in [-0.05, 0) is 30.2 Å². The lowest BCUT2D eigenvalue weighted by molar-refractivity contribution is -0.123. The van der Waals surface area contributed by atoms with Crippen LogP contribution in [0.1, 0.15) is 25.3 Å². The lowest BCUT2D eigenvalue weighted by atomic mass is 9.97. The fourth-order valence-corrected chi connectivity index (χ4v) is 2.06. The molecule has 5 heteroatoms. The first-order valence-corrected chi connectivity index (χ1v) is 6.83. The molecule has 0 heterocycles. The molecule has 1 amide bonds. The van der Waals surface area contributed by atoms with Gasteiger partial charge in [-0.15, -0.1) is 0 Å². The van der Waals surface area contributed by atoms with Crippen LogP contribution in [0, 0.1) is 11.3 Å². The summed E-state index contributed by atoms with van der Waals surface area (Å²) in [6, 6.07) is 9.57. The van der Waals surface area contributed by atoms with E-state index in [9.17, 15) is 4.79 Å². The molecule has 5 nitrogen and oxygen atoms in total. The summed E-state index contributed by atoms with van der Waals surface area (Å²) in [5.74, 6) is -0.866. The molecule has 1 saturated carbocycles. The van der Waals surface area contributed by atoms with Crippen LogP contribution in [0.2, 0.25) is 0 Å². The molecule has 1 atom stereocenters. The molecule has 0 aliphatic heterocycles. The maximum absolute atomic E-state index is 12.2. The van der Waals surface area contributed by atoms with Gasteiger partial charge in [-0.25, -0.2) is 0 Å². The average molecular weight is 275 g/mol. The summed E-state index contributed by atoms with van der Waals surface area (Å²) < 4.78 is 0. The van der Waals surface area contributed by atoms with E-state index in [1.54, 1.807) is 0 Å². The van der Waals surface area contributed by atoms with Crippen LogP contribution in [0.4, 0.5) is 0 Å². The van der Waals surface area contributed by atoms with Crippen LogP contribution < -0.4 is 11.1 Å². The van der Waals surface area contributed by atoms with E-state index in [2.05, 4.69) is 17.4 Å². The number of amides is 1. The highest BCUT2D eigenvalue weighted by Crippen LogP contribution is 2.44. The topological polar surface area (TPSA) is 87.7 Å². The smallest absolute Gasteiger partial charge is 0.231 e. The molecule has 1 aromatic rings. The van der Waals surface area contributed by atoms with Gasteiger partial charge in [0.1, 0.15) is 5.92 Å². The minimum Gasteiger partial charge on any atom is -0.409 e. The van der Waals surface area contributed by atoms with E-state index < -0.39 is 5.92 Å². The van der Waals surface area contributed by atoms with Crippen molar-refractivity contribution in [3.8, 4) is 0 Å². The zero-order valence-electron chi connectivity index (χ0n) is 11.7. The molecule has 108 valence electrons. The van der Waals surface area contributed by atoms with E-state index in [1.807, 2.05) is 30.3 Å². The van der Waals surface area contributed by atoms with Gasteiger partial charge in [-0.3, -0.25) is 4.79 Å². The molecular weight excluding hydrogens is 254 g/mol. The predicted molar refractivity (Wildman–Crippen MR) is 77.4 cm³/mol. The Kier molecular flexibility index (Phi) is 4.27. The fourth-order valence-electron chi connectivity index (χ4n) is 2.06.